The number of hydrogen-bond acceptors (Lipinski definition) is 3. The minimum atomic E-state index is -0.0799. The van der Waals surface area contributed by atoms with Crippen LogP contribution in [0.25, 0.3) is 0 Å². The molecule has 4 nitrogen and oxygen atoms in total. The average Bonchev–Trinajstić information content (AvgIpc) is 3.05. The van der Waals surface area contributed by atoms with Gasteiger partial charge in [-0.1, -0.05) is 23.7 Å². The van der Waals surface area contributed by atoms with Gasteiger partial charge < -0.3 is 10.2 Å². The van der Waals surface area contributed by atoms with E-state index in [-0.39, 0.29) is 5.91 Å². The molecule has 1 fully saturated rings. The minimum Gasteiger partial charge on any atom is -0.370 e. The molecule has 1 aliphatic rings. The second kappa shape index (κ2) is 6.79. The van der Waals surface area contributed by atoms with Crippen molar-refractivity contribution in [3.8, 4) is 0 Å². The quantitative estimate of drug-likeness (QED) is 0.939. The molecule has 1 amide bonds. The topological polar surface area (TPSA) is 45.2 Å². The molecule has 0 radical (unpaired) electrons. The molecule has 0 saturated carbocycles. The lowest BCUT2D eigenvalue weighted by atomic mass is 10.1. The van der Waals surface area contributed by atoms with Crippen LogP contribution in [0.1, 0.15) is 18.4 Å². The SMILES string of the molecule is O=C(Cc1ccc(Cl)cc1)Nc1ccc(N2CCCC2)cn1. The van der Waals surface area contributed by atoms with Crippen molar-refractivity contribution in [2.24, 2.45) is 0 Å². The molecule has 0 aliphatic carbocycles. The van der Waals surface area contributed by atoms with E-state index < -0.39 is 0 Å². The summed E-state index contributed by atoms with van der Waals surface area (Å²) < 4.78 is 0. The number of nitrogens with one attached hydrogen (secondary N) is 1. The highest BCUT2D eigenvalue weighted by Gasteiger charge is 2.12. The predicted molar refractivity (Wildman–Crippen MR) is 89.5 cm³/mol. The van der Waals surface area contributed by atoms with Gasteiger partial charge in [-0.05, 0) is 42.7 Å². The zero-order valence-electron chi connectivity index (χ0n) is 12.3. The third kappa shape index (κ3) is 3.77. The maximum Gasteiger partial charge on any atom is 0.229 e. The van der Waals surface area contributed by atoms with E-state index in [1.165, 1.54) is 12.8 Å². The van der Waals surface area contributed by atoms with Gasteiger partial charge in [0.1, 0.15) is 5.82 Å². The second-order valence-electron chi connectivity index (χ2n) is 5.45. The van der Waals surface area contributed by atoms with E-state index >= 15 is 0 Å². The summed E-state index contributed by atoms with van der Waals surface area (Å²) in [6, 6.07) is 11.1. The van der Waals surface area contributed by atoms with Gasteiger partial charge in [0, 0.05) is 18.1 Å². The highest BCUT2D eigenvalue weighted by molar-refractivity contribution is 6.30. The number of carbonyl (C=O) groups excluding carboxylic acids is 1. The maximum atomic E-state index is 12.0. The van der Waals surface area contributed by atoms with Gasteiger partial charge in [0.2, 0.25) is 5.91 Å². The van der Waals surface area contributed by atoms with Crippen molar-refractivity contribution < 1.29 is 4.79 Å². The second-order valence-corrected chi connectivity index (χ2v) is 5.88. The predicted octanol–water partition coefficient (Wildman–Crippen LogP) is 3.52. The number of hydrogen-bond donors (Lipinski definition) is 1. The van der Waals surface area contributed by atoms with Crippen LogP contribution in [0.5, 0.6) is 0 Å². The molecular weight excluding hydrogens is 298 g/mol. The van der Waals surface area contributed by atoms with Crippen LogP contribution < -0.4 is 10.2 Å². The highest BCUT2D eigenvalue weighted by atomic mass is 35.5. The molecule has 2 heterocycles. The first-order chi connectivity index (χ1) is 10.7. The molecule has 0 bridgehead atoms. The molecule has 1 aromatic heterocycles. The van der Waals surface area contributed by atoms with Crippen LogP contribution in [0.3, 0.4) is 0 Å². The highest BCUT2D eigenvalue weighted by Crippen LogP contribution is 2.20. The van der Waals surface area contributed by atoms with Crippen LogP contribution in [-0.2, 0) is 11.2 Å². The Bertz CT molecular complexity index is 634. The Morgan fingerprint density at radius 3 is 2.50 bits per heavy atom. The first kappa shape index (κ1) is 14.9. The van der Waals surface area contributed by atoms with E-state index in [9.17, 15) is 4.79 Å². The van der Waals surface area contributed by atoms with Gasteiger partial charge in [-0.25, -0.2) is 4.98 Å². The van der Waals surface area contributed by atoms with Gasteiger partial charge in [-0.2, -0.15) is 0 Å². The molecule has 1 N–H and O–H groups in total. The Labute approximate surface area is 135 Å². The summed E-state index contributed by atoms with van der Waals surface area (Å²) in [6.07, 6.45) is 4.61. The molecule has 0 unspecified atom stereocenters. The van der Waals surface area contributed by atoms with Crippen LogP contribution in [0.2, 0.25) is 5.02 Å². The van der Waals surface area contributed by atoms with Crippen molar-refractivity contribution in [1.82, 2.24) is 4.98 Å². The Morgan fingerprint density at radius 1 is 1.14 bits per heavy atom. The fourth-order valence-electron chi connectivity index (χ4n) is 2.60. The van der Waals surface area contributed by atoms with Gasteiger partial charge in [0.25, 0.3) is 0 Å². The molecule has 0 spiro atoms. The zero-order chi connectivity index (χ0) is 15.4. The molecule has 2 aromatic rings. The van der Waals surface area contributed by atoms with E-state index in [0.717, 1.165) is 24.3 Å². The molecule has 1 aliphatic heterocycles. The number of rotatable bonds is 4. The largest absolute Gasteiger partial charge is 0.370 e. The van der Waals surface area contributed by atoms with Gasteiger partial charge in [-0.15, -0.1) is 0 Å². The summed E-state index contributed by atoms with van der Waals surface area (Å²) in [6.45, 7) is 2.17. The van der Waals surface area contributed by atoms with E-state index in [1.54, 1.807) is 12.1 Å². The summed E-state index contributed by atoms with van der Waals surface area (Å²) in [4.78, 5) is 18.6. The Balaban J connectivity index is 1.57. The standard InChI is InChI=1S/C17H18ClN3O/c18-14-5-3-13(4-6-14)11-17(22)20-16-8-7-15(12-19-16)21-9-1-2-10-21/h3-8,12H,1-2,9-11H2,(H,19,20,22). The van der Waals surface area contributed by atoms with Crippen LogP contribution >= 0.6 is 11.6 Å². The average molecular weight is 316 g/mol. The molecule has 1 aromatic carbocycles. The molecule has 114 valence electrons. The van der Waals surface area contributed by atoms with Crippen molar-refractivity contribution in [3.05, 3.63) is 53.2 Å². The third-order valence-corrected chi connectivity index (χ3v) is 4.02. The van der Waals surface area contributed by atoms with Crippen molar-refractivity contribution >= 4 is 29.0 Å². The number of halogens is 1. The number of nitrogens with zero attached hydrogens (tertiary/aromatic N) is 2. The van der Waals surface area contributed by atoms with Crippen molar-refractivity contribution in [2.75, 3.05) is 23.3 Å². The van der Waals surface area contributed by atoms with Crippen molar-refractivity contribution in [3.63, 3.8) is 0 Å². The van der Waals surface area contributed by atoms with Gasteiger partial charge in [0.15, 0.2) is 0 Å². The molecular formula is C17H18ClN3O. The Morgan fingerprint density at radius 2 is 1.86 bits per heavy atom. The van der Waals surface area contributed by atoms with Crippen LogP contribution in [0, 0.1) is 0 Å². The molecule has 1 saturated heterocycles. The smallest absolute Gasteiger partial charge is 0.229 e. The van der Waals surface area contributed by atoms with Crippen molar-refractivity contribution in [1.29, 1.82) is 0 Å². The lowest BCUT2D eigenvalue weighted by Crippen LogP contribution is -2.18. The summed E-state index contributed by atoms with van der Waals surface area (Å²) in [5, 5.41) is 3.49. The summed E-state index contributed by atoms with van der Waals surface area (Å²) >= 11 is 5.83. The van der Waals surface area contributed by atoms with E-state index in [4.69, 9.17) is 11.6 Å². The van der Waals surface area contributed by atoms with Crippen molar-refractivity contribution in [2.45, 2.75) is 19.3 Å². The number of aromatic nitrogens is 1. The Hall–Kier alpha value is -2.07. The van der Waals surface area contributed by atoms with E-state index in [0.29, 0.717) is 17.3 Å². The number of anilines is 2. The number of pyridine rings is 1. The maximum absolute atomic E-state index is 12.0. The lowest BCUT2D eigenvalue weighted by molar-refractivity contribution is -0.115. The third-order valence-electron chi connectivity index (χ3n) is 3.76. The Kier molecular flexibility index (Phi) is 4.59. The lowest BCUT2D eigenvalue weighted by Gasteiger charge is -2.17. The van der Waals surface area contributed by atoms with E-state index in [1.807, 2.05) is 30.5 Å². The minimum absolute atomic E-state index is 0.0799. The van der Waals surface area contributed by atoms with Crippen LogP contribution in [-0.4, -0.2) is 24.0 Å². The monoisotopic (exact) mass is 315 g/mol. The normalized spacial score (nSPS) is 14.1. The first-order valence-electron chi connectivity index (χ1n) is 7.46. The fraction of sp³-hybridized carbons (Fsp3) is 0.294. The van der Waals surface area contributed by atoms with Crippen LogP contribution in [0.15, 0.2) is 42.6 Å². The van der Waals surface area contributed by atoms with Crippen LogP contribution in [0.4, 0.5) is 11.5 Å². The molecule has 22 heavy (non-hydrogen) atoms. The molecule has 0 atom stereocenters. The van der Waals surface area contributed by atoms with E-state index in [2.05, 4.69) is 15.2 Å². The molecule has 5 heteroatoms. The first-order valence-corrected chi connectivity index (χ1v) is 7.84. The summed E-state index contributed by atoms with van der Waals surface area (Å²) in [7, 11) is 0. The van der Waals surface area contributed by atoms with Gasteiger partial charge in [-0.3, -0.25) is 4.79 Å². The fourth-order valence-corrected chi connectivity index (χ4v) is 2.72. The number of amides is 1. The molecule has 3 rings (SSSR count). The number of carbonyl (C=O) groups is 1. The van der Waals surface area contributed by atoms with Gasteiger partial charge in [0.05, 0.1) is 18.3 Å². The summed E-state index contributed by atoms with van der Waals surface area (Å²) in [5.74, 6) is 0.505. The summed E-state index contributed by atoms with van der Waals surface area (Å²) in [5.41, 5.74) is 2.05. The van der Waals surface area contributed by atoms with Gasteiger partial charge >= 0.3 is 0 Å². The number of benzene rings is 1. The zero-order valence-corrected chi connectivity index (χ0v) is 13.0.